The summed E-state index contributed by atoms with van der Waals surface area (Å²) in [6.07, 6.45) is 4.01. The van der Waals surface area contributed by atoms with Crippen LogP contribution in [-0.2, 0) is 7.05 Å². The summed E-state index contributed by atoms with van der Waals surface area (Å²) in [5.74, 6) is 0. The van der Waals surface area contributed by atoms with E-state index in [9.17, 15) is 0 Å². The van der Waals surface area contributed by atoms with Gasteiger partial charge < -0.3 is 4.57 Å². The molecule has 0 amide bonds. The molecule has 1 heterocycles. The standard InChI is InChI=1S/C7H10NS/c1-6(9)7-3-4-8(2)5-7/h3-6,9H,1H2,2H3. The van der Waals surface area contributed by atoms with E-state index >= 15 is 0 Å². The van der Waals surface area contributed by atoms with Gasteiger partial charge in [0.2, 0.25) is 0 Å². The molecule has 0 spiro atoms. The lowest BCUT2D eigenvalue weighted by atomic mass is 10.3. The average Bonchev–Trinajstić information content (AvgIpc) is 2.14. The van der Waals surface area contributed by atoms with E-state index in [4.69, 9.17) is 0 Å². The molecule has 1 aromatic rings. The van der Waals surface area contributed by atoms with Crippen molar-refractivity contribution in [3.05, 3.63) is 30.9 Å². The molecule has 0 aliphatic rings. The first-order valence-electron chi connectivity index (χ1n) is 2.83. The van der Waals surface area contributed by atoms with Crippen LogP contribution in [0.4, 0.5) is 0 Å². The summed E-state index contributed by atoms with van der Waals surface area (Å²) >= 11 is 4.18. The molecule has 1 unspecified atom stereocenters. The third-order valence-electron chi connectivity index (χ3n) is 1.24. The molecule has 9 heavy (non-hydrogen) atoms. The summed E-state index contributed by atoms with van der Waals surface area (Å²) in [6, 6.07) is 2.02. The van der Waals surface area contributed by atoms with Gasteiger partial charge in [-0.15, -0.1) is 0 Å². The van der Waals surface area contributed by atoms with Crippen LogP contribution in [-0.4, -0.2) is 4.57 Å². The highest BCUT2D eigenvalue weighted by molar-refractivity contribution is 7.80. The van der Waals surface area contributed by atoms with Gasteiger partial charge in [0, 0.05) is 24.7 Å². The van der Waals surface area contributed by atoms with Gasteiger partial charge in [0.25, 0.3) is 0 Å². The number of aryl methyl sites for hydroxylation is 1. The van der Waals surface area contributed by atoms with Crippen LogP contribution in [0.15, 0.2) is 18.5 Å². The fourth-order valence-electron chi connectivity index (χ4n) is 0.722. The van der Waals surface area contributed by atoms with Crippen molar-refractivity contribution in [2.45, 2.75) is 5.25 Å². The van der Waals surface area contributed by atoms with Gasteiger partial charge in [0.1, 0.15) is 0 Å². The lowest BCUT2D eigenvalue weighted by Gasteiger charge is -1.96. The zero-order chi connectivity index (χ0) is 6.85. The molecule has 1 radical (unpaired) electrons. The molecule has 0 aromatic carbocycles. The summed E-state index contributed by atoms with van der Waals surface area (Å²) in [7, 11) is 1.99. The second-order valence-corrected chi connectivity index (χ2v) is 2.75. The van der Waals surface area contributed by atoms with E-state index in [0.717, 1.165) is 0 Å². The Morgan fingerprint density at radius 3 is 2.67 bits per heavy atom. The molecular formula is C7H10NS. The van der Waals surface area contributed by atoms with Crippen molar-refractivity contribution in [1.29, 1.82) is 0 Å². The quantitative estimate of drug-likeness (QED) is 0.568. The van der Waals surface area contributed by atoms with E-state index in [1.807, 2.05) is 30.1 Å². The predicted octanol–water partition coefficient (Wildman–Crippen LogP) is 1.83. The maximum atomic E-state index is 4.18. The van der Waals surface area contributed by atoms with Gasteiger partial charge in [-0.1, -0.05) is 0 Å². The van der Waals surface area contributed by atoms with Crippen LogP contribution in [0.5, 0.6) is 0 Å². The van der Waals surface area contributed by atoms with Crippen molar-refractivity contribution in [1.82, 2.24) is 4.57 Å². The summed E-state index contributed by atoms with van der Waals surface area (Å²) in [6.45, 7) is 3.77. The highest BCUT2D eigenvalue weighted by atomic mass is 32.1. The van der Waals surface area contributed by atoms with Gasteiger partial charge in [-0.2, -0.15) is 12.6 Å². The first-order chi connectivity index (χ1) is 4.20. The average molecular weight is 140 g/mol. The summed E-state index contributed by atoms with van der Waals surface area (Å²) in [4.78, 5) is 0. The third kappa shape index (κ3) is 1.52. The van der Waals surface area contributed by atoms with Crippen molar-refractivity contribution in [2.24, 2.45) is 7.05 Å². The second kappa shape index (κ2) is 2.48. The zero-order valence-electron chi connectivity index (χ0n) is 5.41. The lowest BCUT2D eigenvalue weighted by molar-refractivity contribution is 0.921. The Hall–Kier alpha value is -0.370. The van der Waals surface area contributed by atoms with Crippen molar-refractivity contribution < 1.29 is 0 Å². The predicted molar refractivity (Wildman–Crippen MR) is 42.5 cm³/mol. The van der Waals surface area contributed by atoms with Crippen LogP contribution >= 0.6 is 12.6 Å². The Morgan fingerprint density at radius 2 is 2.44 bits per heavy atom. The van der Waals surface area contributed by atoms with Gasteiger partial charge in [0.05, 0.1) is 0 Å². The third-order valence-corrected chi connectivity index (χ3v) is 1.54. The Kier molecular flexibility index (Phi) is 1.86. The molecular weight excluding hydrogens is 130 g/mol. The molecule has 1 nitrogen and oxygen atoms in total. The van der Waals surface area contributed by atoms with Crippen LogP contribution in [0.3, 0.4) is 0 Å². The summed E-state index contributed by atoms with van der Waals surface area (Å²) in [5, 5.41) is 0.103. The molecule has 0 aliphatic heterocycles. The first-order valence-corrected chi connectivity index (χ1v) is 3.35. The molecule has 1 aromatic heterocycles. The van der Waals surface area contributed by atoms with Crippen molar-refractivity contribution in [2.75, 3.05) is 0 Å². The van der Waals surface area contributed by atoms with E-state index in [-0.39, 0.29) is 5.25 Å². The summed E-state index contributed by atoms with van der Waals surface area (Å²) in [5.41, 5.74) is 1.17. The fourth-order valence-corrected chi connectivity index (χ4v) is 0.875. The van der Waals surface area contributed by atoms with E-state index in [0.29, 0.717) is 0 Å². The zero-order valence-corrected chi connectivity index (χ0v) is 6.31. The highest BCUT2D eigenvalue weighted by Gasteiger charge is 1.98. The Bertz CT molecular complexity index is 191. The largest absolute Gasteiger partial charge is 0.357 e. The van der Waals surface area contributed by atoms with Gasteiger partial charge in [-0.3, -0.25) is 0 Å². The van der Waals surface area contributed by atoms with E-state index < -0.39 is 0 Å². The van der Waals surface area contributed by atoms with Crippen LogP contribution in [0.1, 0.15) is 10.8 Å². The number of hydrogen-bond acceptors (Lipinski definition) is 1. The van der Waals surface area contributed by atoms with Crippen molar-refractivity contribution >= 4 is 12.6 Å². The number of aromatic nitrogens is 1. The number of rotatable bonds is 1. The summed E-state index contributed by atoms with van der Waals surface area (Å²) < 4.78 is 1.99. The molecule has 1 atom stereocenters. The van der Waals surface area contributed by atoms with Gasteiger partial charge in [-0.05, 0) is 18.6 Å². The van der Waals surface area contributed by atoms with Crippen molar-refractivity contribution in [3.63, 3.8) is 0 Å². The number of nitrogens with zero attached hydrogens (tertiary/aromatic N) is 1. The van der Waals surface area contributed by atoms with E-state index in [2.05, 4.69) is 19.6 Å². The van der Waals surface area contributed by atoms with Crippen LogP contribution < -0.4 is 0 Å². The van der Waals surface area contributed by atoms with Crippen LogP contribution in [0, 0.1) is 6.92 Å². The molecule has 0 bridgehead atoms. The molecule has 49 valence electrons. The fraction of sp³-hybridized carbons (Fsp3) is 0.286. The SMILES string of the molecule is [CH2]C(S)c1ccn(C)c1. The highest BCUT2D eigenvalue weighted by Crippen LogP contribution is 2.17. The molecule has 1 rings (SSSR count). The van der Waals surface area contributed by atoms with Gasteiger partial charge >= 0.3 is 0 Å². The lowest BCUT2D eigenvalue weighted by Crippen LogP contribution is -1.81. The number of thiol groups is 1. The Labute approximate surface area is 61.1 Å². The van der Waals surface area contributed by atoms with E-state index in [1.165, 1.54) is 5.56 Å². The molecule has 0 saturated heterocycles. The molecule has 0 N–H and O–H groups in total. The topological polar surface area (TPSA) is 4.93 Å². The Morgan fingerprint density at radius 1 is 1.78 bits per heavy atom. The minimum atomic E-state index is 0.103. The van der Waals surface area contributed by atoms with Gasteiger partial charge in [-0.25, -0.2) is 0 Å². The maximum absolute atomic E-state index is 4.18. The van der Waals surface area contributed by atoms with Crippen LogP contribution in [0.2, 0.25) is 0 Å². The smallest absolute Gasteiger partial charge is 0.0282 e. The molecule has 0 fully saturated rings. The molecule has 0 saturated carbocycles. The molecule has 2 heteroatoms. The first kappa shape index (κ1) is 6.75. The Balaban J connectivity index is 2.85. The monoisotopic (exact) mass is 140 g/mol. The van der Waals surface area contributed by atoms with Gasteiger partial charge in [0.15, 0.2) is 0 Å². The maximum Gasteiger partial charge on any atom is 0.0282 e. The van der Waals surface area contributed by atoms with E-state index in [1.54, 1.807) is 0 Å². The second-order valence-electron chi connectivity index (χ2n) is 2.13. The van der Waals surface area contributed by atoms with Crippen molar-refractivity contribution in [3.8, 4) is 0 Å². The van der Waals surface area contributed by atoms with Crippen LogP contribution in [0.25, 0.3) is 0 Å². The minimum Gasteiger partial charge on any atom is -0.357 e. The minimum absolute atomic E-state index is 0.103. The number of hydrogen-bond donors (Lipinski definition) is 1. The normalized spacial score (nSPS) is 13.7. The molecule has 0 aliphatic carbocycles.